The Balaban J connectivity index is 1.28. The Morgan fingerprint density at radius 3 is 2.41 bits per heavy atom. The van der Waals surface area contributed by atoms with Gasteiger partial charge in [-0.1, -0.05) is 24.3 Å². The number of nitrogens with zero attached hydrogens (tertiary/aromatic N) is 3. The molecule has 2 heterocycles. The number of amides is 1. The molecular formula is C25H22FN5O. The van der Waals surface area contributed by atoms with Crippen LogP contribution < -0.4 is 15.5 Å². The Labute approximate surface area is 185 Å². The highest BCUT2D eigenvalue weighted by atomic mass is 19.1. The molecule has 0 saturated carbocycles. The van der Waals surface area contributed by atoms with Crippen LogP contribution >= 0.6 is 0 Å². The van der Waals surface area contributed by atoms with Gasteiger partial charge in [0.25, 0.3) is 5.91 Å². The summed E-state index contributed by atoms with van der Waals surface area (Å²) < 4.78 is 13.0. The van der Waals surface area contributed by atoms with Gasteiger partial charge < -0.3 is 15.5 Å². The van der Waals surface area contributed by atoms with Crippen molar-refractivity contribution in [3.8, 4) is 0 Å². The van der Waals surface area contributed by atoms with Crippen LogP contribution in [0.1, 0.15) is 22.3 Å². The number of hydrogen-bond donors (Lipinski definition) is 2. The van der Waals surface area contributed by atoms with Crippen molar-refractivity contribution in [2.24, 2.45) is 0 Å². The average Bonchev–Trinajstić information content (AvgIpc) is 2.77. The van der Waals surface area contributed by atoms with Crippen LogP contribution in [0.4, 0.5) is 21.8 Å². The third-order valence-corrected chi connectivity index (χ3v) is 5.51. The molecule has 32 heavy (non-hydrogen) atoms. The first kappa shape index (κ1) is 19.9. The molecule has 1 saturated heterocycles. The predicted octanol–water partition coefficient (Wildman–Crippen LogP) is 4.84. The van der Waals surface area contributed by atoms with Crippen LogP contribution in [0.3, 0.4) is 0 Å². The van der Waals surface area contributed by atoms with Crippen molar-refractivity contribution in [3.05, 3.63) is 89.7 Å². The second-order valence-corrected chi connectivity index (χ2v) is 7.74. The van der Waals surface area contributed by atoms with Crippen LogP contribution in [0.25, 0.3) is 10.9 Å². The molecule has 0 spiro atoms. The lowest BCUT2D eigenvalue weighted by Gasteiger charge is -2.31. The van der Waals surface area contributed by atoms with Crippen molar-refractivity contribution >= 4 is 34.3 Å². The van der Waals surface area contributed by atoms with Crippen molar-refractivity contribution in [2.45, 2.75) is 13.0 Å². The van der Waals surface area contributed by atoms with Crippen LogP contribution in [0.5, 0.6) is 0 Å². The van der Waals surface area contributed by atoms with Crippen LogP contribution in [0, 0.1) is 5.82 Å². The van der Waals surface area contributed by atoms with E-state index < -0.39 is 0 Å². The smallest absolute Gasteiger partial charge is 0.255 e. The summed E-state index contributed by atoms with van der Waals surface area (Å²) in [7, 11) is 0. The standard InChI is InChI=1S/C25H22FN5O/c26-19-10-8-18(9-11-19)24(32)28-20-12-6-17(7-13-20)16-27-23-21-4-1-2-5-22(21)29-25(30-23)31-14-3-15-31/h1-2,4-13H,3,14-16H2,(H,28,32)(H,27,29,30). The van der Waals surface area contributed by atoms with Crippen molar-refractivity contribution in [1.29, 1.82) is 0 Å². The number of carbonyl (C=O) groups is 1. The van der Waals surface area contributed by atoms with Gasteiger partial charge in [0, 0.05) is 36.3 Å². The Kier molecular flexibility index (Phi) is 5.37. The first-order chi connectivity index (χ1) is 15.7. The fourth-order valence-electron chi connectivity index (χ4n) is 3.55. The fraction of sp³-hybridized carbons (Fsp3) is 0.160. The van der Waals surface area contributed by atoms with Crippen LogP contribution in [-0.4, -0.2) is 29.0 Å². The third kappa shape index (κ3) is 4.23. The number of anilines is 3. The van der Waals surface area contributed by atoms with Gasteiger partial charge in [-0.2, -0.15) is 4.98 Å². The molecule has 7 heteroatoms. The number of nitrogens with one attached hydrogen (secondary N) is 2. The summed E-state index contributed by atoms with van der Waals surface area (Å²) in [6.07, 6.45) is 1.17. The summed E-state index contributed by atoms with van der Waals surface area (Å²) in [6.45, 7) is 2.57. The molecular weight excluding hydrogens is 405 g/mol. The van der Waals surface area contributed by atoms with E-state index in [0.717, 1.165) is 41.3 Å². The summed E-state index contributed by atoms with van der Waals surface area (Å²) in [5.74, 6) is 0.927. The highest BCUT2D eigenvalue weighted by Crippen LogP contribution is 2.26. The summed E-state index contributed by atoms with van der Waals surface area (Å²) in [6, 6.07) is 21.1. The van der Waals surface area contributed by atoms with Gasteiger partial charge in [-0.15, -0.1) is 0 Å². The normalized spacial score (nSPS) is 13.0. The topological polar surface area (TPSA) is 70.2 Å². The number of carbonyl (C=O) groups excluding carboxylic acids is 1. The maximum Gasteiger partial charge on any atom is 0.255 e. The van der Waals surface area contributed by atoms with E-state index in [1.165, 1.54) is 30.7 Å². The highest BCUT2D eigenvalue weighted by molar-refractivity contribution is 6.04. The lowest BCUT2D eigenvalue weighted by atomic mass is 10.1. The largest absolute Gasteiger partial charge is 0.365 e. The molecule has 4 aromatic rings. The van der Waals surface area contributed by atoms with Gasteiger partial charge >= 0.3 is 0 Å². The summed E-state index contributed by atoms with van der Waals surface area (Å²) in [5.41, 5.74) is 3.06. The van der Waals surface area contributed by atoms with E-state index in [9.17, 15) is 9.18 Å². The van der Waals surface area contributed by atoms with Gasteiger partial charge in [-0.05, 0) is 60.5 Å². The predicted molar refractivity (Wildman–Crippen MR) is 124 cm³/mol. The Bertz CT molecular complexity index is 1250. The molecule has 5 rings (SSSR count). The van der Waals surface area contributed by atoms with Crippen molar-refractivity contribution in [2.75, 3.05) is 28.6 Å². The van der Waals surface area contributed by atoms with Gasteiger partial charge in [0.2, 0.25) is 5.95 Å². The number of para-hydroxylation sites is 1. The second kappa shape index (κ2) is 8.63. The van der Waals surface area contributed by atoms with Crippen molar-refractivity contribution < 1.29 is 9.18 Å². The lowest BCUT2D eigenvalue weighted by Crippen LogP contribution is -2.38. The molecule has 1 aliphatic heterocycles. The SMILES string of the molecule is O=C(Nc1ccc(CNc2nc(N3CCC3)nc3ccccc23)cc1)c1ccc(F)cc1. The minimum Gasteiger partial charge on any atom is -0.365 e. The minimum atomic E-state index is -0.369. The van der Waals surface area contributed by atoms with E-state index in [2.05, 4.69) is 15.5 Å². The summed E-state index contributed by atoms with van der Waals surface area (Å²) >= 11 is 0. The molecule has 2 N–H and O–H groups in total. The molecule has 0 atom stereocenters. The molecule has 0 bridgehead atoms. The van der Waals surface area contributed by atoms with Crippen molar-refractivity contribution in [3.63, 3.8) is 0 Å². The number of fused-ring (bicyclic) bond motifs is 1. The van der Waals surface area contributed by atoms with Gasteiger partial charge in [0.05, 0.1) is 5.52 Å². The summed E-state index contributed by atoms with van der Waals surface area (Å²) in [4.78, 5) is 23.9. The molecule has 160 valence electrons. The maximum atomic E-state index is 13.0. The average molecular weight is 427 g/mol. The van der Waals surface area contributed by atoms with E-state index in [1.807, 2.05) is 48.5 Å². The number of aromatic nitrogens is 2. The van der Waals surface area contributed by atoms with Gasteiger partial charge in [0.15, 0.2) is 0 Å². The number of benzene rings is 3. The van der Waals surface area contributed by atoms with Crippen molar-refractivity contribution in [1.82, 2.24) is 9.97 Å². The molecule has 0 unspecified atom stereocenters. The zero-order chi connectivity index (χ0) is 21.9. The molecule has 0 aliphatic carbocycles. The molecule has 0 radical (unpaired) electrons. The van der Waals surface area contributed by atoms with E-state index in [-0.39, 0.29) is 11.7 Å². The Morgan fingerprint density at radius 2 is 1.69 bits per heavy atom. The highest BCUT2D eigenvalue weighted by Gasteiger charge is 2.19. The zero-order valence-electron chi connectivity index (χ0n) is 17.4. The number of rotatable bonds is 6. The van der Waals surface area contributed by atoms with E-state index >= 15 is 0 Å². The fourth-order valence-corrected chi connectivity index (χ4v) is 3.55. The van der Waals surface area contributed by atoms with Gasteiger partial charge in [-0.25, -0.2) is 9.37 Å². The Morgan fingerprint density at radius 1 is 0.938 bits per heavy atom. The number of halogens is 1. The van der Waals surface area contributed by atoms with Crippen LogP contribution in [0.15, 0.2) is 72.8 Å². The monoisotopic (exact) mass is 427 g/mol. The van der Waals surface area contributed by atoms with E-state index in [0.29, 0.717) is 17.8 Å². The second-order valence-electron chi connectivity index (χ2n) is 7.74. The van der Waals surface area contributed by atoms with E-state index in [1.54, 1.807) is 0 Å². The first-order valence-electron chi connectivity index (χ1n) is 10.6. The summed E-state index contributed by atoms with van der Waals surface area (Å²) in [5, 5.41) is 7.25. The number of hydrogen-bond acceptors (Lipinski definition) is 5. The van der Waals surface area contributed by atoms with E-state index in [4.69, 9.17) is 9.97 Å². The Hall–Kier alpha value is -4.00. The van der Waals surface area contributed by atoms with Gasteiger partial charge in [0.1, 0.15) is 11.6 Å². The molecule has 1 amide bonds. The third-order valence-electron chi connectivity index (χ3n) is 5.51. The van der Waals surface area contributed by atoms with Crippen LogP contribution in [0.2, 0.25) is 0 Å². The minimum absolute atomic E-state index is 0.276. The lowest BCUT2D eigenvalue weighted by molar-refractivity contribution is 0.102. The molecule has 6 nitrogen and oxygen atoms in total. The molecule has 3 aromatic carbocycles. The maximum absolute atomic E-state index is 13.0. The molecule has 1 aromatic heterocycles. The quantitative estimate of drug-likeness (QED) is 0.461. The first-order valence-corrected chi connectivity index (χ1v) is 10.6. The molecule has 1 fully saturated rings. The van der Waals surface area contributed by atoms with Gasteiger partial charge in [-0.3, -0.25) is 4.79 Å². The zero-order valence-corrected chi connectivity index (χ0v) is 17.4. The van der Waals surface area contributed by atoms with Crippen LogP contribution in [-0.2, 0) is 6.54 Å². The molecule has 1 aliphatic rings.